The summed E-state index contributed by atoms with van der Waals surface area (Å²) in [6, 6.07) is 0.486. The van der Waals surface area contributed by atoms with Gasteiger partial charge in [-0.3, -0.25) is 9.80 Å². The van der Waals surface area contributed by atoms with Crippen molar-refractivity contribution in [2.24, 2.45) is 0 Å². The summed E-state index contributed by atoms with van der Waals surface area (Å²) in [4.78, 5) is 16.4. The van der Waals surface area contributed by atoms with Crippen molar-refractivity contribution in [1.29, 1.82) is 0 Å². The Balaban J connectivity index is 1.97. The molecule has 0 aromatic rings. The molecule has 0 saturated carbocycles. The largest absolute Gasteiger partial charge is 0.444 e. The van der Waals surface area contributed by atoms with Gasteiger partial charge in [0.05, 0.1) is 6.10 Å². The number of piperazine rings is 1. The number of carbonyl (C=O) groups excluding carboxylic acids is 1. The van der Waals surface area contributed by atoms with E-state index in [9.17, 15) is 9.90 Å². The van der Waals surface area contributed by atoms with Crippen molar-refractivity contribution in [3.05, 3.63) is 0 Å². The van der Waals surface area contributed by atoms with Crippen molar-refractivity contribution < 1.29 is 14.6 Å². The number of fused-ring (bicyclic) bond motifs is 2. The first kappa shape index (κ1) is 14.6. The monoisotopic (exact) mass is 270 g/mol. The minimum Gasteiger partial charge on any atom is -0.444 e. The molecule has 1 amide bonds. The Hall–Kier alpha value is -0.810. The van der Waals surface area contributed by atoms with E-state index in [1.165, 1.54) is 0 Å². The van der Waals surface area contributed by atoms with Crippen LogP contribution in [0.5, 0.6) is 0 Å². The highest BCUT2D eigenvalue weighted by atomic mass is 16.6. The molecule has 2 rings (SSSR count). The highest BCUT2D eigenvalue weighted by Gasteiger charge is 2.44. The van der Waals surface area contributed by atoms with Crippen LogP contribution in [0.25, 0.3) is 0 Å². The van der Waals surface area contributed by atoms with Gasteiger partial charge in [-0.25, -0.2) is 4.79 Å². The fourth-order valence-electron chi connectivity index (χ4n) is 3.13. The minimum atomic E-state index is -0.437. The number of likely N-dealkylation sites (tertiary alicyclic amines) is 1. The summed E-state index contributed by atoms with van der Waals surface area (Å²) in [6.07, 6.45) is 1.59. The molecule has 2 aliphatic rings. The van der Waals surface area contributed by atoms with Gasteiger partial charge in [0.2, 0.25) is 0 Å². The van der Waals surface area contributed by atoms with Gasteiger partial charge < -0.3 is 9.84 Å². The highest BCUT2D eigenvalue weighted by molar-refractivity contribution is 5.69. The molecule has 2 bridgehead atoms. The number of aliphatic hydroxyl groups is 1. The van der Waals surface area contributed by atoms with E-state index in [1.807, 2.05) is 32.6 Å². The molecule has 3 atom stereocenters. The molecule has 0 radical (unpaired) electrons. The molecule has 5 nitrogen and oxygen atoms in total. The first-order chi connectivity index (χ1) is 8.76. The number of β-amino-alcohol motifs (C(OH)–C–C–N with tert-alkyl or cyclic N) is 1. The SMILES string of the molecule is CC(O)CN1C[C@H]2CC[C@@H](C1)N2C(=O)OC(C)(C)C. The van der Waals surface area contributed by atoms with E-state index in [2.05, 4.69) is 4.90 Å². The van der Waals surface area contributed by atoms with E-state index in [0.29, 0.717) is 6.54 Å². The third kappa shape index (κ3) is 3.60. The molecule has 0 spiro atoms. The molecule has 2 heterocycles. The van der Waals surface area contributed by atoms with E-state index >= 15 is 0 Å². The van der Waals surface area contributed by atoms with Gasteiger partial charge in [-0.05, 0) is 40.5 Å². The third-order valence-corrected chi connectivity index (χ3v) is 3.68. The van der Waals surface area contributed by atoms with Gasteiger partial charge in [0, 0.05) is 31.7 Å². The lowest BCUT2D eigenvalue weighted by Gasteiger charge is -2.41. The smallest absolute Gasteiger partial charge is 0.410 e. The predicted molar refractivity (Wildman–Crippen MR) is 73.0 cm³/mol. The lowest BCUT2D eigenvalue weighted by atomic mass is 10.1. The Bertz CT molecular complexity index is 324. The first-order valence-electron chi connectivity index (χ1n) is 7.18. The van der Waals surface area contributed by atoms with Gasteiger partial charge in [-0.1, -0.05) is 0 Å². The molecule has 2 saturated heterocycles. The van der Waals surface area contributed by atoms with Crippen LogP contribution in [0.3, 0.4) is 0 Å². The van der Waals surface area contributed by atoms with E-state index in [4.69, 9.17) is 4.74 Å². The average Bonchev–Trinajstić information content (AvgIpc) is 2.47. The highest BCUT2D eigenvalue weighted by Crippen LogP contribution is 2.31. The summed E-state index contributed by atoms with van der Waals surface area (Å²) >= 11 is 0. The van der Waals surface area contributed by atoms with Crippen molar-refractivity contribution >= 4 is 6.09 Å². The maximum absolute atomic E-state index is 12.2. The molecule has 5 heteroatoms. The van der Waals surface area contributed by atoms with Crippen LogP contribution in [-0.2, 0) is 4.74 Å². The summed E-state index contributed by atoms with van der Waals surface area (Å²) in [7, 11) is 0. The Morgan fingerprint density at radius 1 is 1.32 bits per heavy atom. The lowest BCUT2D eigenvalue weighted by molar-refractivity contribution is -0.00929. The number of carbonyl (C=O) groups is 1. The van der Waals surface area contributed by atoms with Crippen molar-refractivity contribution in [2.75, 3.05) is 19.6 Å². The molecule has 19 heavy (non-hydrogen) atoms. The number of ether oxygens (including phenoxy) is 1. The predicted octanol–water partition coefficient (Wildman–Crippen LogP) is 1.45. The van der Waals surface area contributed by atoms with Crippen molar-refractivity contribution in [1.82, 2.24) is 9.80 Å². The number of nitrogens with zero attached hydrogens (tertiary/aromatic N) is 2. The van der Waals surface area contributed by atoms with Crippen molar-refractivity contribution in [3.8, 4) is 0 Å². The Morgan fingerprint density at radius 2 is 1.84 bits per heavy atom. The maximum atomic E-state index is 12.2. The number of hydrogen-bond acceptors (Lipinski definition) is 4. The molecule has 2 fully saturated rings. The zero-order valence-electron chi connectivity index (χ0n) is 12.4. The first-order valence-corrected chi connectivity index (χ1v) is 7.18. The second-order valence-corrected chi connectivity index (χ2v) is 6.84. The van der Waals surface area contributed by atoms with Gasteiger partial charge in [-0.2, -0.15) is 0 Å². The molecule has 1 unspecified atom stereocenters. The number of hydrogen-bond donors (Lipinski definition) is 1. The lowest BCUT2D eigenvalue weighted by Crippen LogP contribution is -2.57. The molecule has 0 aliphatic carbocycles. The zero-order valence-corrected chi connectivity index (χ0v) is 12.4. The maximum Gasteiger partial charge on any atom is 0.410 e. The number of rotatable bonds is 2. The van der Waals surface area contributed by atoms with Crippen LogP contribution in [0.4, 0.5) is 4.79 Å². The molecular formula is C14H26N2O3. The standard InChI is InChI=1S/C14H26N2O3/c1-10(17)7-15-8-11-5-6-12(9-15)16(11)13(18)19-14(2,3)4/h10-12,17H,5-9H2,1-4H3/t10?,11-,12+. The fraction of sp³-hybridized carbons (Fsp3) is 0.929. The van der Waals surface area contributed by atoms with E-state index in [0.717, 1.165) is 25.9 Å². The zero-order chi connectivity index (χ0) is 14.2. The van der Waals surface area contributed by atoms with Gasteiger partial charge in [-0.15, -0.1) is 0 Å². The molecular weight excluding hydrogens is 244 g/mol. The second-order valence-electron chi connectivity index (χ2n) is 6.84. The topological polar surface area (TPSA) is 53.0 Å². The molecule has 110 valence electrons. The molecule has 1 N–H and O–H groups in total. The van der Waals surface area contributed by atoms with Gasteiger partial charge in [0.15, 0.2) is 0 Å². The van der Waals surface area contributed by atoms with Crippen LogP contribution in [0.1, 0.15) is 40.5 Å². The van der Waals surface area contributed by atoms with Gasteiger partial charge in [0.1, 0.15) is 5.60 Å². The van der Waals surface area contributed by atoms with E-state index in [1.54, 1.807) is 0 Å². The van der Waals surface area contributed by atoms with Crippen LogP contribution in [0, 0.1) is 0 Å². The Labute approximate surface area is 115 Å². The quantitative estimate of drug-likeness (QED) is 0.825. The summed E-state index contributed by atoms with van der Waals surface area (Å²) in [5, 5.41) is 9.48. The Morgan fingerprint density at radius 3 is 2.26 bits per heavy atom. The number of aliphatic hydroxyl groups excluding tert-OH is 1. The summed E-state index contributed by atoms with van der Waals surface area (Å²) in [5.74, 6) is 0. The van der Waals surface area contributed by atoms with E-state index < -0.39 is 5.60 Å². The summed E-state index contributed by atoms with van der Waals surface area (Å²) in [5.41, 5.74) is -0.437. The summed E-state index contributed by atoms with van der Waals surface area (Å²) in [6.45, 7) is 9.89. The van der Waals surface area contributed by atoms with Crippen LogP contribution < -0.4 is 0 Å². The molecule has 2 aliphatic heterocycles. The minimum absolute atomic E-state index is 0.184. The summed E-state index contributed by atoms with van der Waals surface area (Å²) < 4.78 is 5.49. The second kappa shape index (κ2) is 5.29. The molecule has 0 aromatic carbocycles. The van der Waals surface area contributed by atoms with E-state index in [-0.39, 0.29) is 24.3 Å². The normalized spacial score (nSPS) is 29.4. The third-order valence-electron chi connectivity index (χ3n) is 3.68. The van der Waals surface area contributed by atoms with Gasteiger partial charge >= 0.3 is 6.09 Å². The average molecular weight is 270 g/mol. The van der Waals surface area contributed by atoms with Crippen molar-refractivity contribution in [3.63, 3.8) is 0 Å². The van der Waals surface area contributed by atoms with Gasteiger partial charge in [0.25, 0.3) is 0 Å². The van der Waals surface area contributed by atoms with Crippen LogP contribution in [-0.4, -0.2) is 64.4 Å². The Kier molecular flexibility index (Phi) is 4.06. The fourth-order valence-corrected chi connectivity index (χ4v) is 3.13. The number of amides is 1. The molecule has 0 aromatic heterocycles. The van der Waals surface area contributed by atoms with Crippen molar-refractivity contribution in [2.45, 2.75) is 64.3 Å². The van der Waals surface area contributed by atoms with Crippen LogP contribution in [0.2, 0.25) is 0 Å². The van der Waals surface area contributed by atoms with Crippen LogP contribution in [0.15, 0.2) is 0 Å². The van der Waals surface area contributed by atoms with Crippen LogP contribution >= 0.6 is 0 Å².